The quantitative estimate of drug-likeness (QED) is 0.634. The van der Waals surface area contributed by atoms with E-state index in [1.165, 1.54) is 12.1 Å². The Labute approximate surface area is 167 Å². The van der Waals surface area contributed by atoms with E-state index in [9.17, 15) is 14.0 Å². The fourth-order valence-corrected chi connectivity index (χ4v) is 2.78. The van der Waals surface area contributed by atoms with Crippen molar-refractivity contribution in [2.75, 3.05) is 11.9 Å². The zero-order valence-corrected chi connectivity index (χ0v) is 15.7. The molecule has 0 unspecified atom stereocenters. The molecule has 3 rings (SSSR count). The Morgan fingerprint density at radius 3 is 2.25 bits per heavy atom. The van der Waals surface area contributed by atoms with E-state index in [1.807, 2.05) is 0 Å². The third kappa shape index (κ3) is 5.18. The van der Waals surface area contributed by atoms with Gasteiger partial charge >= 0.3 is 0 Å². The molecule has 0 saturated carbocycles. The number of halogens is 2. The van der Waals surface area contributed by atoms with Crippen LogP contribution < -0.4 is 10.6 Å². The number of amides is 2. The van der Waals surface area contributed by atoms with Gasteiger partial charge in [-0.25, -0.2) is 4.39 Å². The molecule has 0 atom stereocenters. The molecule has 0 heterocycles. The minimum Gasteiger partial charge on any atom is -0.352 e. The molecular weight excluding hydrogens is 379 g/mol. The highest BCUT2D eigenvalue weighted by atomic mass is 35.5. The molecule has 6 heteroatoms. The van der Waals surface area contributed by atoms with Gasteiger partial charge in [0.1, 0.15) is 5.82 Å². The summed E-state index contributed by atoms with van der Waals surface area (Å²) in [6, 6.07) is 19.4. The number of nitrogens with one attached hydrogen (secondary N) is 2. The van der Waals surface area contributed by atoms with E-state index >= 15 is 0 Å². The van der Waals surface area contributed by atoms with E-state index in [0.717, 1.165) is 5.56 Å². The van der Waals surface area contributed by atoms with Crippen molar-refractivity contribution in [3.63, 3.8) is 0 Å². The standard InChI is InChI=1S/C22H18ClFN2O2/c23-17-9-7-16(8-10-17)21(27)26-20-4-2-1-3-19(20)22(28)25-14-13-15-5-11-18(24)12-6-15/h1-12H,13-14H2,(H,25,28)(H,26,27). The van der Waals surface area contributed by atoms with Crippen molar-refractivity contribution in [1.82, 2.24) is 5.32 Å². The number of hydrogen-bond donors (Lipinski definition) is 2. The number of para-hydroxylation sites is 1. The van der Waals surface area contributed by atoms with E-state index in [0.29, 0.717) is 34.8 Å². The Morgan fingerprint density at radius 1 is 0.857 bits per heavy atom. The van der Waals surface area contributed by atoms with Crippen LogP contribution in [0.4, 0.5) is 10.1 Å². The molecule has 0 fully saturated rings. The van der Waals surface area contributed by atoms with Crippen LogP contribution >= 0.6 is 11.6 Å². The van der Waals surface area contributed by atoms with E-state index in [2.05, 4.69) is 10.6 Å². The van der Waals surface area contributed by atoms with Crippen molar-refractivity contribution >= 4 is 29.1 Å². The van der Waals surface area contributed by atoms with Crippen LogP contribution in [0.25, 0.3) is 0 Å². The van der Waals surface area contributed by atoms with Crippen LogP contribution in [0.1, 0.15) is 26.3 Å². The molecule has 0 spiro atoms. The molecule has 0 aliphatic rings. The van der Waals surface area contributed by atoms with Crippen LogP contribution in [0.3, 0.4) is 0 Å². The number of carbonyl (C=O) groups is 2. The normalized spacial score (nSPS) is 10.4. The number of hydrogen-bond acceptors (Lipinski definition) is 2. The first-order valence-corrected chi connectivity index (χ1v) is 9.09. The average molecular weight is 397 g/mol. The lowest BCUT2D eigenvalue weighted by Crippen LogP contribution is -2.27. The van der Waals surface area contributed by atoms with Gasteiger partial charge in [0.15, 0.2) is 0 Å². The lowest BCUT2D eigenvalue weighted by molar-refractivity contribution is 0.0955. The van der Waals surface area contributed by atoms with Crippen molar-refractivity contribution in [3.8, 4) is 0 Å². The summed E-state index contributed by atoms with van der Waals surface area (Å²) in [5.41, 5.74) is 2.15. The summed E-state index contributed by atoms with van der Waals surface area (Å²) < 4.78 is 12.9. The molecular formula is C22H18ClFN2O2. The minimum absolute atomic E-state index is 0.293. The van der Waals surface area contributed by atoms with Crippen LogP contribution in [0.15, 0.2) is 72.8 Å². The third-order valence-electron chi connectivity index (χ3n) is 4.14. The molecule has 0 aromatic heterocycles. The first-order valence-electron chi connectivity index (χ1n) is 8.71. The van der Waals surface area contributed by atoms with Gasteiger partial charge in [-0.05, 0) is 60.5 Å². The Hall–Kier alpha value is -3.18. The zero-order valence-electron chi connectivity index (χ0n) is 14.9. The van der Waals surface area contributed by atoms with Crippen molar-refractivity contribution in [1.29, 1.82) is 0 Å². The second-order valence-electron chi connectivity index (χ2n) is 6.14. The average Bonchev–Trinajstić information content (AvgIpc) is 2.70. The Balaban J connectivity index is 1.63. The van der Waals surface area contributed by atoms with Gasteiger partial charge in [-0.3, -0.25) is 9.59 Å². The third-order valence-corrected chi connectivity index (χ3v) is 4.39. The summed E-state index contributed by atoms with van der Waals surface area (Å²) in [5.74, 6) is -0.921. The lowest BCUT2D eigenvalue weighted by Gasteiger charge is -2.12. The van der Waals surface area contributed by atoms with Crippen LogP contribution in [0.5, 0.6) is 0 Å². The van der Waals surface area contributed by atoms with Gasteiger partial charge in [0.05, 0.1) is 11.3 Å². The molecule has 2 amide bonds. The second kappa shape index (κ2) is 9.15. The highest BCUT2D eigenvalue weighted by molar-refractivity contribution is 6.30. The Kier molecular flexibility index (Phi) is 6.40. The summed E-state index contributed by atoms with van der Waals surface area (Å²) in [5, 5.41) is 6.12. The molecule has 4 nitrogen and oxygen atoms in total. The van der Waals surface area contributed by atoms with Crippen LogP contribution in [-0.4, -0.2) is 18.4 Å². The molecule has 28 heavy (non-hydrogen) atoms. The number of rotatable bonds is 6. The topological polar surface area (TPSA) is 58.2 Å². The first-order chi connectivity index (χ1) is 13.5. The maximum Gasteiger partial charge on any atom is 0.255 e. The van der Waals surface area contributed by atoms with E-state index < -0.39 is 0 Å². The predicted molar refractivity (Wildman–Crippen MR) is 108 cm³/mol. The van der Waals surface area contributed by atoms with Crippen molar-refractivity contribution in [3.05, 3.63) is 100 Å². The Bertz CT molecular complexity index is 973. The highest BCUT2D eigenvalue weighted by Crippen LogP contribution is 2.17. The van der Waals surface area contributed by atoms with Crippen molar-refractivity contribution in [2.24, 2.45) is 0 Å². The highest BCUT2D eigenvalue weighted by Gasteiger charge is 2.14. The van der Waals surface area contributed by atoms with Crippen LogP contribution in [0, 0.1) is 5.82 Å². The molecule has 0 bridgehead atoms. The molecule has 0 aliphatic heterocycles. The fourth-order valence-electron chi connectivity index (χ4n) is 2.65. The van der Waals surface area contributed by atoms with Gasteiger partial charge in [0, 0.05) is 17.1 Å². The monoisotopic (exact) mass is 396 g/mol. The van der Waals surface area contributed by atoms with E-state index in [-0.39, 0.29) is 17.6 Å². The van der Waals surface area contributed by atoms with Crippen molar-refractivity contribution in [2.45, 2.75) is 6.42 Å². The number of benzene rings is 3. The maximum absolute atomic E-state index is 12.9. The van der Waals surface area contributed by atoms with Gasteiger partial charge < -0.3 is 10.6 Å². The zero-order chi connectivity index (χ0) is 19.9. The van der Waals surface area contributed by atoms with Gasteiger partial charge in [-0.2, -0.15) is 0 Å². The fraction of sp³-hybridized carbons (Fsp3) is 0.0909. The van der Waals surface area contributed by atoms with Gasteiger partial charge in [-0.15, -0.1) is 0 Å². The molecule has 3 aromatic rings. The summed E-state index contributed by atoms with van der Waals surface area (Å²) in [7, 11) is 0. The summed E-state index contributed by atoms with van der Waals surface area (Å²) in [4.78, 5) is 24.9. The van der Waals surface area contributed by atoms with Gasteiger partial charge in [0.2, 0.25) is 0 Å². The van der Waals surface area contributed by atoms with Crippen LogP contribution in [0.2, 0.25) is 5.02 Å². The largest absolute Gasteiger partial charge is 0.352 e. The van der Waals surface area contributed by atoms with Crippen LogP contribution in [-0.2, 0) is 6.42 Å². The summed E-state index contributed by atoms with van der Waals surface area (Å²) in [6.07, 6.45) is 0.575. The van der Waals surface area contributed by atoms with Gasteiger partial charge in [0.25, 0.3) is 11.8 Å². The molecule has 142 valence electrons. The Morgan fingerprint density at radius 2 is 1.54 bits per heavy atom. The smallest absolute Gasteiger partial charge is 0.255 e. The SMILES string of the molecule is O=C(Nc1ccccc1C(=O)NCCc1ccc(F)cc1)c1ccc(Cl)cc1. The molecule has 0 radical (unpaired) electrons. The van der Waals surface area contributed by atoms with E-state index in [4.69, 9.17) is 11.6 Å². The second-order valence-corrected chi connectivity index (χ2v) is 6.58. The molecule has 0 saturated heterocycles. The first kappa shape index (κ1) is 19.6. The predicted octanol–water partition coefficient (Wildman–Crippen LogP) is 4.70. The van der Waals surface area contributed by atoms with Gasteiger partial charge in [-0.1, -0.05) is 35.9 Å². The maximum atomic E-state index is 12.9. The van der Waals surface area contributed by atoms with Crippen molar-refractivity contribution < 1.29 is 14.0 Å². The van der Waals surface area contributed by atoms with E-state index in [1.54, 1.807) is 60.7 Å². The number of carbonyl (C=O) groups excluding carboxylic acids is 2. The number of anilines is 1. The molecule has 3 aromatic carbocycles. The molecule has 0 aliphatic carbocycles. The molecule has 2 N–H and O–H groups in total. The summed E-state index contributed by atoms with van der Waals surface area (Å²) >= 11 is 5.84. The summed E-state index contributed by atoms with van der Waals surface area (Å²) in [6.45, 7) is 0.393. The lowest BCUT2D eigenvalue weighted by atomic mass is 10.1. The minimum atomic E-state index is -0.330.